The summed E-state index contributed by atoms with van der Waals surface area (Å²) in [5.74, 6) is -7.14. The first-order chi connectivity index (χ1) is 11.9. The van der Waals surface area contributed by atoms with E-state index in [0.29, 0.717) is 0 Å². The third-order valence-corrected chi connectivity index (χ3v) is 3.99. The number of halogens is 5. The van der Waals surface area contributed by atoms with E-state index in [1.54, 1.807) is 4.90 Å². The highest BCUT2D eigenvalue weighted by Gasteiger charge is 2.28. The van der Waals surface area contributed by atoms with E-state index in [0.717, 1.165) is 11.0 Å². The minimum atomic E-state index is -1.71. The molecule has 0 bridgehead atoms. The van der Waals surface area contributed by atoms with Gasteiger partial charge in [-0.25, -0.2) is 4.39 Å². The Morgan fingerprint density at radius 2 is 1.44 bits per heavy atom. The molecule has 2 heterocycles. The van der Waals surface area contributed by atoms with Crippen molar-refractivity contribution < 1.29 is 22.0 Å². The van der Waals surface area contributed by atoms with Crippen molar-refractivity contribution in [3.63, 3.8) is 0 Å². The number of pyridine rings is 1. The molecule has 1 fully saturated rings. The Morgan fingerprint density at radius 3 is 1.96 bits per heavy atom. The predicted molar refractivity (Wildman–Crippen MR) is 79.6 cm³/mol. The Hall–Kier alpha value is -2.89. The van der Waals surface area contributed by atoms with Crippen LogP contribution in [0, 0.1) is 40.7 Å². The van der Waals surface area contributed by atoms with E-state index in [2.05, 4.69) is 4.98 Å². The molecule has 25 heavy (non-hydrogen) atoms. The van der Waals surface area contributed by atoms with Crippen LogP contribution in [0.2, 0.25) is 0 Å². The lowest BCUT2D eigenvalue weighted by Crippen LogP contribution is -2.47. The van der Waals surface area contributed by atoms with Crippen LogP contribution in [0.4, 0.5) is 33.3 Å². The number of piperazine rings is 1. The molecule has 3 rings (SSSR count). The monoisotopic (exact) mass is 354 g/mol. The van der Waals surface area contributed by atoms with Gasteiger partial charge in [-0.15, -0.1) is 0 Å². The Labute approximate surface area is 139 Å². The molecule has 0 unspecified atom stereocenters. The van der Waals surface area contributed by atoms with E-state index in [1.807, 2.05) is 6.07 Å². The van der Waals surface area contributed by atoms with Gasteiger partial charge in [0.05, 0.1) is 17.3 Å². The molecule has 0 amide bonds. The first-order valence-corrected chi connectivity index (χ1v) is 7.32. The summed E-state index contributed by atoms with van der Waals surface area (Å²) in [5, 5.41) is 8.75. The third kappa shape index (κ3) is 3.07. The average Bonchev–Trinajstić information content (AvgIpc) is 2.61. The first-order valence-electron chi connectivity index (χ1n) is 7.32. The zero-order valence-corrected chi connectivity index (χ0v) is 12.7. The van der Waals surface area contributed by atoms with Crippen LogP contribution in [0.25, 0.3) is 0 Å². The lowest BCUT2D eigenvalue weighted by Gasteiger charge is -2.37. The summed E-state index contributed by atoms with van der Waals surface area (Å²) in [6.45, 7) is 0.396. The van der Waals surface area contributed by atoms with E-state index in [-0.39, 0.29) is 37.4 Å². The third-order valence-electron chi connectivity index (χ3n) is 3.99. The SMILES string of the molecule is N#Cc1ccc(N2CCN(c3c(F)c(F)nc(F)c3F)CC2)c(F)c1. The number of aromatic nitrogens is 1. The molecule has 0 atom stereocenters. The van der Waals surface area contributed by atoms with Gasteiger partial charge in [0, 0.05) is 26.2 Å². The molecule has 0 aliphatic carbocycles. The van der Waals surface area contributed by atoms with Crippen molar-refractivity contribution in [1.82, 2.24) is 4.98 Å². The highest BCUT2D eigenvalue weighted by atomic mass is 19.2. The highest BCUT2D eigenvalue weighted by molar-refractivity contribution is 5.54. The Kier molecular flexibility index (Phi) is 4.44. The van der Waals surface area contributed by atoms with Crippen LogP contribution in [0.1, 0.15) is 5.56 Å². The van der Waals surface area contributed by atoms with Gasteiger partial charge in [-0.05, 0) is 18.2 Å². The lowest BCUT2D eigenvalue weighted by molar-refractivity contribution is 0.404. The molecule has 0 spiro atoms. The summed E-state index contributed by atoms with van der Waals surface area (Å²) >= 11 is 0. The van der Waals surface area contributed by atoms with E-state index in [1.165, 1.54) is 12.1 Å². The number of hydrogen-bond acceptors (Lipinski definition) is 4. The molecule has 0 N–H and O–H groups in total. The van der Waals surface area contributed by atoms with Crippen molar-refractivity contribution in [3.8, 4) is 6.07 Å². The predicted octanol–water partition coefficient (Wildman–Crippen LogP) is 2.98. The van der Waals surface area contributed by atoms with Gasteiger partial charge in [-0.3, -0.25) is 0 Å². The maximum absolute atomic E-state index is 14.0. The number of nitriles is 1. The summed E-state index contributed by atoms with van der Waals surface area (Å²) in [6.07, 6.45) is 0. The number of rotatable bonds is 2. The zero-order valence-electron chi connectivity index (χ0n) is 12.7. The number of anilines is 2. The normalized spacial score (nSPS) is 14.6. The van der Waals surface area contributed by atoms with Crippen molar-refractivity contribution >= 4 is 11.4 Å². The molecule has 1 aliphatic rings. The second-order valence-electron chi connectivity index (χ2n) is 5.42. The van der Waals surface area contributed by atoms with Crippen LogP contribution in [-0.4, -0.2) is 31.2 Å². The summed E-state index contributed by atoms with van der Waals surface area (Å²) < 4.78 is 68.1. The van der Waals surface area contributed by atoms with Gasteiger partial charge >= 0.3 is 0 Å². The fourth-order valence-corrected chi connectivity index (χ4v) is 2.76. The maximum Gasteiger partial charge on any atom is 0.253 e. The van der Waals surface area contributed by atoms with Crippen LogP contribution < -0.4 is 9.80 Å². The fourth-order valence-electron chi connectivity index (χ4n) is 2.76. The van der Waals surface area contributed by atoms with Crippen molar-refractivity contribution in [2.75, 3.05) is 36.0 Å². The number of nitrogens with zero attached hydrogens (tertiary/aromatic N) is 4. The van der Waals surface area contributed by atoms with E-state index in [4.69, 9.17) is 5.26 Å². The Morgan fingerprint density at radius 1 is 0.880 bits per heavy atom. The van der Waals surface area contributed by atoms with Gasteiger partial charge in [-0.1, -0.05) is 0 Å². The van der Waals surface area contributed by atoms with Crippen molar-refractivity contribution in [2.45, 2.75) is 0 Å². The molecule has 9 heteroatoms. The number of hydrogen-bond donors (Lipinski definition) is 0. The molecule has 2 aromatic rings. The quantitative estimate of drug-likeness (QED) is 0.614. The summed E-state index contributed by atoms with van der Waals surface area (Å²) in [5.41, 5.74) is -0.400. The Balaban J connectivity index is 1.80. The van der Waals surface area contributed by atoms with E-state index in [9.17, 15) is 22.0 Å². The summed E-state index contributed by atoms with van der Waals surface area (Å²) in [7, 11) is 0. The molecule has 1 saturated heterocycles. The molecule has 1 aromatic carbocycles. The van der Waals surface area contributed by atoms with Crippen LogP contribution in [0.15, 0.2) is 18.2 Å². The van der Waals surface area contributed by atoms with Gasteiger partial charge in [0.1, 0.15) is 11.5 Å². The topological polar surface area (TPSA) is 43.2 Å². The molecule has 4 nitrogen and oxygen atoms in total. The molecular formula is C16H11F5N4. The Bertz CT molecular complexity index is 830. The second-order valence-corrected chi connectivity index (χ2v) is 5.42. The number of benzene rings is 1. The minimum Gasteiger partial charge on any atom is -0.366 e. The minimum absolute atomic E-state index is 0.0240. The average molecular weight is 354 g/mol. The zero-order chi connectivity index (χ0) is 18.1. The van der Waals surface area contributed by atoms with E-state index < -0.39 is 35.0 Å². The van der Waals surface area contributed by atoms with Gasteiger partial charge in [-0.2, -0.15) is 27.8 Å². The van der Waals surface area contributed by atoms with Crippen LogP contribution in [0.5, 0.6) is 0 Å². The van der Waals surface area contributed by atoms with E-state index >= 15 is 0 Å². The van der Waals surface area contributed by atoms with Crippen molar-refractivity contribution in [3.05, 3.63) is 53.1 Å². The van der Waals surface area contributed by atoms with Gasteiger partial charge in [0.25, 0.3) is 11.9 Å². The molecule has 130 valence electrons. The largest absolute Gasteiger partial charge is 0.366 e. The van der Waals surface area contributed by atoms with Gasteiger partial charge in [0.2, 0.25) is 11.6 Å². The molecule has 0 saturated carbocycles. The van der Waals surface area contributed by atoms with Crippen LogP contribution in [-0.2, 0) is 0 Å². The smallest absolute Gasteiger partial charge is 0.253 e. The molecule has 1 aromatic heterocycles. The lowest BCUT2D eigenvalue weighted by atomic mass is 10.1. The molecular weight excluding hydrogens is 343 g/mol. The van der Waals surface area contributed by atoms with Crippen molar-refractivity contribution in [2.24, 2.45) is 0 Å². The second kappa shape index (κ2) is 6.55. The summed E-state index contributed by atoms with van der Waals surface area (Å²) in [4.78, 5) is 5.29. The standard InChI is InChI=1S/C16H11F5N4/c17-10-7-9(8-22)1-2-11(10)24-3-5-25(6-4-24)14-12(18)15(20)23-16(21)13(14)19/h1-2,7H,3-6H2. The first kappa shape index (κ1) is 17.0. The van der Waals surface area contributed by atoms with Gasteiger partial charge < -0.3 is 9.80 Å². The fraction of sp³-hybridized carbons (Fsp3) is 0.250. The summed E-state index contributed by atoms with van der Waals surface area (Å²) in [6, 6.07) is 5.81. The van der Waals surface area contributed by atoms with Crippen LogP contribution in [0.3, 0.4) is 0 Å². The van der Waals surface area contributed by atoms with Gasteiger partial charge in [0.15, 0.2) is 0 Å². The van der Waals surface area contributed by atoms with Crippen molar-refractivity contribution in [1.29, 1.82) is 5.26 Å². The van der Waals surface area contributed by atoms with Crippen LogP contribution >= 0.6 is 0 Å². The highest BCUT2D eigenvalue weighted by Crippen LogP contribution is 2.29. The maximum atomic E-state index is 14.0. The molecule has 1 aliphatic heterocycles. The molecule has 0 radical (unpaired) electrons.